The Hall–Kier alpha value is -0.890. The maximum Gasteiger partial charge on any atom is 0.158 e. The molecule has 0 aliphatic heterocycles. The predicted octanol–water partition coefficient (Wildman–Crippen LogP) is 2.72. The third-order valence-corrected chi connectivity index (χ3v) is 3.99. The van der Waals surface area contributed by atoms with Crippen LogP contribution in [0.5, 0.6) is 0 Å². The molecule has 0 amide bonds. The molecule has 2 heterocycles. The number of nitrogens with two attached hydrogens (primary N) is 1. The number of hydrazine groups is 1. The highest BCUT2D eigenvalue weighted by Gasteiger charge is 2.09. The van der Waals surface area contributed by atoms with E-state index >= 15 is 0 Å². The Kier molecular flexibility index (Phi) is 4.16. The molecule has 0 aliphatic carbocycles. The van der Waals surface area contributed by atoms with Gasteiger partial charge in [-0.3, -0.25) is 0 Å². The average molecular weight is 333 g/mol. The van der Waals surface area contributed by atoms with E-state index in [1.807, 2.05) is 6.07 Å². The monoisotopic (exact) mass is 331 g/mol. The molecule has 0 unspecified atom stereocenters. The van der Waals surface area contributed by atoms with Gasteiger partial charge in [0.1, 0.15) is 16.4 Å². The number of nitrogens with one attached hydrogen (secondary N) is 1. The minimum atomic E-state index is 0.525. The van der Waals surface area contributed by atoms with Crippen LogP contribution in [-0.4, -0.2) is 15.0 Å². The zero-order valence-corrected chi connectivity index (χ0v) is 11.6. The first kappa shape index (κ1) is 12.6. The van der Waals surface area contributed by atoms with Gasteiger partial charge in [0.15, 0.2) is 5.82 Å². The second kappa shape index (κ2) is 5.63. The number of anilines is 1. The lowest BCUT2D eigenvalue weighted by molar-refractivity contribution is 1.01. The molecule has 0 saturated heterocycles. The normalized spacial score (nSPS) is 10.3. The summed E-state index contributed by atoms with van der Waals surface area (Å²) in [6.45, 7) is 0. The quantitative estimate of drug-likeness (QED) is 0.511. The lowest BCUT2D eigenvalue weighted by Crippen LogP contribution is -2.09. The number of rotatable bonds is 3. The Morgan fingerprint density at radius 2 is 2.12 bits per heavy atom. The van der Waals surface area contributed by atoms with Crippen molar-refractivity contribution in [1.82, 2.24) is 15.0 Å². The molecular formula is C9H7BrClN5S. The highest BCUT2D eigenvalue weighted by Crippen LogP contribution is 2.33. The van der Waals surface area contributed by atoms with E-state index in [2.05, 4.69) is 36.3 Å². The fourth-order valence-corrected chi connectivity index (χ4v) is 2.45. The van der Waals surface area contributed by atoms with Crippen molar-refractivity contribution < 1.29 is 0 Å². The first-order chi connectivity index (χ1) is 8.20. The minimum absolute atomic E-state index is 0.525. The lowest BCUT2D eigenvalue weighted by atomic mass is 10.5. The van der Waals surface area contributed by atoms with Crippen LogP contribution in [-0.2, 0) is 0 Å². The first-order valence-electron chi connectivity index (χ1n) is 4.47. The van der Waals surface area contributed by atoms with Crippen LogP contribution in [0.3, 0.4) is 0 Å². The number of hydrogen-bond donors (Lipinski definition) is 2. The number of halogens is 2. The molecule has 0 atom stereocenters. The van der Waals surface area contributed by atoms with Gasteiger partial charge in [0.25, 0.3) is 0 Å². The van der Waals surface area contributed by atoms with E-state index in [1.54, 1.807) is 12.3 Å². The van der Waals surface area contributed by atoms with E-state index in [4.69, 9.17) is 17.4 Å². The second-order valence-electron chi connectivity index (χ2n) is 2.90. The van der Waals surface area contributed by atoms with Crippen molar-refractivity contribution >= 4 is 45.1 Å². The molecule has 0 aromatic carbocycles. The molecule has 88 valence electrons. The van der Waals surface area contributed by atoms with Crippen LogP contribution < -0.4 is 11.3 Å². The summed E-state index contributed by atoms with van der Waals surface area (Å²) in [5, 5.41) is 2.11. The molecule has 2 aromatic rings. The predicted molar refractivity (Wildman–Crippen MR) is 70.9 cm³/mol. The molecule has 0 radical (unpaired) electrons. The Morgan fingerprint density at radius 3 is 2.76 bits per heavy atom. The highest BCUT2D eigenvalue weighted by atomic mass is 79.9. The number of nitrogen functional groups attached to an aromatic ring is 1. The summed E-state index contributed by atoms with van der Waals surface area (Å²) in [5.41, 5.74) is 2.48. The molecule has 0 aliphatic rings. The van der Waals surface area contributed by atoms with Crippen LogP contribution in [0, 0.1) is 0 Å². The summed E-state index contributed by atoms with van der Waals surface area (Å²) in [4.78, 5) is 12.3. The lowest BCUT2D eigenvalue weighted by Gasteiger charge is -2.06. The summed E-state index contributed by atoms with van der Waals surface area (Å²) in [6, 6.07) is 3.59. The fraction of sp³-hybridized carbons (Fsp3) is 0. The van der Waals surface area contributed by atoms with Gasteiger partial charge in [0.2, 0.25) is 0 Å². The zero-order valence-electron chi connectivity index (χ0n) is 8.39. The number of nitrogens with zero attached hydrogens (tertiary/aromatic N) is 3. The molecule has 2 aromatic heterocycles. The van der Waals surface area contributed by atoms with Crippen LogP contribution in [0.1, 0.15) is 0 Å². The average Bonchev–Trinajstić information content (AvgIpc) is 2.35. The van der Waals surface area contributed by atoms with Gasteiger partial charge in [-0.15, -0.1) is 0 Å². The number of aromatic nitrogens is 3. The van der Waals surface area contributed by atoms with E-state index in [1.165, 1.54) is 18.1 Å². The minimum Gasteiger partial charge on any atom is -0.307 e. The summed E-state index contributed by atoms with van der Waals surface area (Å²) in [7, 11) is 0. The van der Waals surface area contributed by atoms with Gasteiger partial charge in [-0.05, 0) is 39.8 Å². The molecule has 0 saturated carbocycles. The van der Waals surface area contributed by atoms with Crippen molar-refractivity contribution in [3.05, 3.63) is 34.2 Å². The fourth-order valence-electron chi connectivity index (χ4n) is 1.05. The largest absolute Gasteiger partial charge is 0.307 e. The highest BCUT2D eigenvalue weighted by molar-refractivity contribution is 9.10. The molecule has 0 bridgehead atoms. The Labute approximate surface area is 115 Å². The van der Waals surface area contributed by atoms with E-state index in [9.17, 15) is 0 Å². The van der Waals surface area contributed by atoms with Crippen molar-refractivity contribution in [2.75, 3.05) is 5.43 Å². The van der Waals surface area contributed by atoms with Crippen molar-refractivity contribution in [2.24, 2.45) is 5.84 Å². The van der Waals surface area contributed by atoms with E-state index in [0.29, 0.717) is 15.3 Å². The second-order valence-corrected chi connectivity index (χ2v) is 5.14. The van der Waals surface area contributed by atoms with E-state index < -0.39 is 0 Å². The van der Waals surface area contributed by atoms with Crippen LogP contribution in [0.4, 0.5) is 5.82 Å². The molecule has 2 rings (SSSR count). The maximum absolute atomic E-state index is 5.76. The summed E-state index contributed by atoms with van der Waals surface area (Å²) >= 11 is 10.5. The molecule has 17 heavy (non-hydrogen) atoms. The van der Waals surface area contributed by atoms with E-state index in [-0.39, 0.29) is 0 Å². The van der Waals surface area contributed by atoms with Crippen molar-refractivity contribution in [3.63, 3.8) is 0 Å². The van der Waals surface area contributed by atoms with Gasteiger partial charge in [-0.25, -0.2) is 20.8 Å². The molecule has 5 nitrogen and oxygen atoms in total. The smallest absolute Gasteiger partial charge is 0.158 e. The Bertz CT molecular complexity index is 521. The molecule has 0 fully saturated rings. The Balaban J connectivity index is 2.27. The Morgan fingerprint density at radius 1 is 1.29 bits per heavy atom. The van der Waals surface area contributed by atoms with Gasteiger partial charge in [0, 0.05) is 6.20 Å². The van der Waals surface area contributed by atoms with Crippen LogP contribution in [0.2, 0.25) is 5.02 Å². The van der Waals surface area contributed by atoms with Gasteiger partial charge in [0.05, 0.1) is 9.50 Å². The molecule has 8 heteroatoms. The van der Waals surface area contributed by atoms with Crippen LogP contribution >= 0.6 is 39.3 Å². The van der Waals surface area contributed by atoms with Crippen molar-refractivity contribution in [3.8, 4) is 0 Å². The maximum atomic E-state index is 5.76. The third kappa shape index (κ3) is 3.06. The van der Waals surface area contributed by atoms with Crippen molar-refractivity contribution in [2.45, 2.75) is 10.1 Å². The van der Waals surface area contributed by atoms with Gasteiger partial charge in [-0.1, -0.05) is 11.6 Å². The van der Waals surface area contributed by atoms with Gasteiger partial charge < -0.3 is 5.43 Å². The first-order valence-corrected chi connectivity index (χ1v) is 6.46. The summed E-state index contributed by atoms with van der Waals surface area (Å²) < 4.78 is 0.698. The van der Waals surface area contributed by atoms with Crippen molar-refractivity contribution in [1.29, 1.82) is 0 Å². The standard InChI is InChI=1S/C9H7BrClN5S/c10-7-8(16-12)14-4-15-9(7)17-6-2-1-5(11)3-13-6/h1-4H,12H2,(H,14,15,16). The number of pyridine rings is 1. The molecule has 3 N–H and O–H groups in total. The molecular weight excluding hydrogens is 326 g/mol. The SMILES string of the molecule is NNc1ncnc(Sc2ccc(Cl)cn2)c1Br. The topological polar surface area (TPSA) is 76.7 Å². The van der Waals surface area contributed by atoms with Crippen LogP contribution in [0.15, 0.2) is 39.2 Å². The third-order valence-electron chi connectivity index (χ3n) is 1.80. The number of hydrogen-bond acceptors (Lipinski definition) is 6. The zero-order chi connectivity index (χ0) is 12.3. The van der Waals surface area contributed by atoms with Crippen LogP contribution in [0.25, 0.3) is 0 Å². The van der Waals surface area contributed by atoms with E-state index in [0.717, 1.165) is 10.1 Å². The molecule has 0 spiro atoms. The van der Waals surface area contributed by atoms with Gasteiger partial charge >= 0.3 is 0 Å². The summed E-state index contributed by atoms with van der Waals surface area (Å²) in [5.74, 6) is 5.84. The van der Waals surface area contributed by atoms with Gasteiger partial charge in [-0.2, -0.15) is 0 Å². The summed E-state index contributed by atoms with van der Waals surface area (Å²) in [6.07, 6.45) is 3.01.